The number of hydrogen-bond donors (Lipinski definition) is 3. The number of benzene rings is 2. The van der Waals surface area contributed by atoms with Crippen molar-refractivity contribution < 1.29 is 22.8 Å². The van der Waals surface area contributed by atoms with Crippen molar-refractivity contribution in [2.45, 2.75) is 0 Å². The number of anilines is 4. The first-order valence-corrected chi connectivity index (χ1v) is 12.2. The van der Waals surface area contributed by atoms with E-state index in [1.807, 2.05) is 0 Å². The SMILES string of the molecule is CN(CCN(C=O)c1ccc(F)cc1)C(=O)Nc1ccc(F)c(Nc2ncccc2-c2ncnc3nc[nH]c23)c1F. The molecule has 0 unspecified atom stereocenters. The molecule has 14 heteroatoms. The van der Waals surface area contributed by atoms with Gasteiger partial charge in [0.2, 0.25) is 6.41 Å². The molecule has 0 fully saturated rings. The number of nitrogens with zero attached hydrogens (tertiary/aromatic N) is 6. The Morgan fingerprint density at radius 1 is 1.00 bits per heavy atom. The average Bonchev–Trinajstić information content (AvgIpc) is 3.47. The molecule has 41 heavy (non-hydrogen) atoms. The summed E-state index contributed by atoms with van der Waals surface area (Å²) in [6.07, 6.45) is 4.77. The summed E-state index contributed by atoms with van der Waals surface area (Å²) in [4.78, 5) is 46.4. The summed E-state index contributed by atoms with van der Waals surface area (Å²) in [7, 11) is 1.45. The second kappa shape index (κ2) is 11.7. The summed E-state index contributed by atoms with van der Waals surface area (Å²) < 4.78 is 43.5. The summed E-state index contributed by atoms with van der Waals surface area (Å²) in [6.45, 7) is 0.154. The predicted molar refractivity (Wildman–Crippen MR) is 146 cm³/mol. The standard InChI is InChI=1S/C27H22F3N9O2/c1-38(11-12-39(15-40)17-6-4-16(28)5-7-17)27(41)36-20-9-8-19(29)23(21(20)30)37-25-18(3-2-10-31-25)22-24-26(34-13-32-22)35-14-33-24/h2-10,13-15H,11-12H2,1H3,(H,31,37)(H,36,41)(H,32,33,34,35). The first-order chi connectivity index (χ1) is 19.9. The van der Waals surface area contributed by atoms with Crippen LogP contribution in [0.4, 0.5) is 40.8 Å². The van der Waals surface area contributed by atoms with E-state index in [9.17, 15) is 18.4 Å². The van der Waals surface area contributed by atoms with Crippen LogP contribution in [0.3, 0.4) is 0 Å². The van der Waals surface area contributed by atoms with Crippen LogP contribution >= 0.6 is 0 Å². The molecule has 11 nitrogen and oxygen atoms in total. The molecule has 5 rings (SSSR count). The Bertz CT molecular complexity index is 1710. The van der Waals surface area contributed by atoms with Crippen molar-refractivity contribution in [3.05, 3.63) is 84.8 Å². The van der Waals surface area contributed by atoms with Crippen LogP contribution in [0.25, 0.3) is 22.4 Å². The highest BCUT2D eigenvalue weighted by Gasteiger charge is 2.21. The number of urea groups is 1. The minimum atomic E-state index is -1.06. The molecule has 0 radical (unpaired) electrons. The van der Waals surface area contributed by atoms with Crippen molar-refractivity contribution in [2.75, 3.05) is 35.7 Å². The van der Waals surface area contributed by atoms with Crippen LogP contribution in [0.2, 0.25) is 0 Å². The number of nitrogens with one attached hydrogen (secondary N) is 3. The Labute approximate surface area is 231 Å². The van der Waals surface area contributed by atoms with E-state index < -0.39 is 29.2 Å². The molecular formula is C27H22F3N9O2. The molecule has 3 amide bonds. The Balaban J connectivity index is 1.32. The summed E-state index contributed by atoms with van der Waals surface area (Å²) in [5, 5.41) is 5.10. The van der Waals surface area contributed by atoms with Gasteiger partial charge in [-0.3, -0.25) is 4.79 Å². The van der Waals surface area contributed by atoms with Crippen molar-refractivity contribution >= 4 is 46.5 Å². The molecule has 0 saturated heterocycles. The summed E-state index contributed by atoms with van der Waals surface area (Å²) >= 11 is 0. The Morgan fingerprint density at radius 2 is 1.80 bits per heavy atom. The molecule has 3 heterocycles. The maximum atomic E-state index is 15.5. The zero-order valence-corrected chi connectivity index (χ0v) is 21.5. The van der Waals surface area contributed by atoms with Gasteiger partial charge in [-0.05, 0) is 48.5 Å². The van der Waals surface area contributed by atoms with Crippen molar-refractivity contribution in [1.82, 2.24) is 29.8 Å². The number of carbonyl (C=O) groups excluding carboxylic acids is 2. The van der Waals surface area contributed by atoms with Gasteiger partial charge in [0.1, 0.15) is 40.7 Å². The molecule has 0 aliphatic rings. The monoisotopic (exact) mass is 561 g/mol. The van der Waals surface area contributed by atoms with Gasteiger partial charge in [0.25, 0.3) is 0 Å². The van der Waals surface area contributed by atoms with E-state index in [4.69, 9.17) is 0 Å². The highest BCUT2D eigenvalue weighted by atomic mass is 19.1. The van der Waals surface area contributed by atoms with Crippen molar-refractivity contribution in [3.63, 3.8) is 0 Å². The minimum Gasteiger partial charge on any atom is -0.341 e. The lowest BCUT2D eigenvalue weighted by Crippen LogP contribution is -2.38. The van der Waals surface area contributed by atoms with Gasteiger partial charge < -0.3 is 25.4 Å². The number of pyridine rings is 1. The van der Waals surface area contributed by atoms with E-state index in [1.54, 1.807) is 12.1 Å². The lowest BCUT2D eigenvalue weighted by Gasteiger charge is -2.23. The maximum absolute atomic E-state index is 15.5. The molecule has 0 aliphatic heterocycles. The predicted octanol–water partition coefficient (Wildman–Crippen LogP) is 4.70. The second-order valence-corrected chi connectivity index (χ2v) is 8.76. The molecule has 208 valence electrons. The van der Waals surface area contributed by atoms with Crippen LogP contribution in [0.1, 0.15) is 0 Å². The molecule has 0 aliphatic carbocycles. The van der Waals surface area contributed by atoms with Crippen LogP contribution in [-0.4, -0.2) is 62.4 Å². The van der Waals surface area contributed by atoms with Gasteiger partial charge in [-0.25, -0.2) is 37.9 Å². The molecule has 3 aromatic heterocycles. The van der Waals surface area contributed by atoms with Crippen LogP contribution < -0.4 is 15.5 Å². The quantitative estimate of drug-likeness (QED) is 0.222. The number of hydrogen-bond acceptors (Lipinski definition) is 7. The fraction of sp³-hybridized carbons (Fsp3) is 0.111. The summed E-state index contributed by atoms with van der Waals surface area (Å²) in [5.41, 5.74) is 1.39. The van der Waals surface area contributed by atoms with Crippen LogP contribution in [-0.2, 0) is 4.79 Å². The number of halogens is 3. The molecule has 0 saturated carbocycles. The molecular weight excluding hydrogens is 539 g/mol. The number of amides is 3. The van der Waals surface area contributed by atoms with Gasteiger partial charge in [0.05, 0.1) is 12.0 Å². The van der Waals surface area contributed by atoms with E-state index in [-0.39, 0.29) is 24.6 Å². The van der Waals surface area contributed by atoms with Crippen LogP contribution in [0.5, 0.6) is 0 Å². The zero-order valence-electron chi connectivity index (χ0n) is 21.5. The molecule has 0 bridgehead atoms. The minimum absolute atomic E-state index is 0.0637. The largest absolute Gasteiger partial charge is 0.341 e. The Hall–Kier alpha value is -5.53. The summed E-state index contributed by atoms with van der Waals surface area (Å²) in [6, 6.07) is 10.00. The van der Waals surface area contributed by atoms with E-state index in [1.165, 1.54) is 60.0 Å². The van der Waals surface area contributed by atoms with Gasteiger partial charge in [0.15, 0.2) is 11.5 Å². The third-order valence-electron chi connectivity index (χ3n) is 6.17. The van der Waals surface area contributed by atoms with Crippen LogP contribution in [0.15, 0.2) is 67.4 Å². The third-order valence-corrected chi connectivity index (χ3v) is 6.17. The summed E-state index contributed by atoms with van der Waals surface area (Å²) in [5.74, 6) is -2.32. The molecule has 3 N–H and O–H groups in total. The van der Waals surface area contributed by atoms with Gasteiger partial charge in [0, 0.05) is 37.6 Å². The third kappa shape index (κ3) is 5.75. The number of aromatic amines is 1. The molecule has 5 aromatic rings. The average molecular weight is 562 g/mol. The second-order valence-electron chi connectivity index (χ2n) is 8.76. The first kappa shape index (κ1) is 27.1. The molecule has 2 aromatic carbocycles. The number of carbonyl (C=O) groups is 2. The topological polar surface area (TPSA) is 132 Å². The Kier molecular flexibility index (Phi) is 7.71. The molecule has 0 spiro atoms. The van der Waals surface area contributed by atoms with Gasteiger partial charge in [-0.1, -0.05) is 0 Å². The van der Waals surface area contributed by atoms with Crippen molar-refractivity contribution in [3.8, 4) is 11.3 Å². The smallest absolute Gasteiger partial charge is 0.321 e. The van der Waals surface area contributed by atoms with Crippen molar-refractivity contribution in [1.29, 1.82) is 0 Å². The van der Waals surface area contributed by atoms with E-state index in [2.05, 4.69) is 35.6 Å². The van der Waals surface area contributed by atoms with E-state index in [0.717, 1.165) is 12.1 Å². The molecule has 0 atom stereocenters. The van der Waals surface area contributed by atoms with Gasteiger partial charge in [-0.2, -0.15) is 0 Å². The van der Waals surface area contributed by atoms with Gasteiger partial charge in [-0.15, -0.1) is 0 Å². The van der Waals surface area contributed by atoms with E-state index >= 15 is 4.39 Å². The van der Waals surface area contributed by atoms with Crippen LogP contribution in [0, 0.1) is 17.5 Å². The fourth-order valence-electron chi connectivity index (χ4n) is 3.99. The number of aromatic nitrogens is 5. The number of imidazole rings is 1. The van der Waals surface area contributed by atoms with Crippen molar-refractivity contribution in [2.24, 2.45) is 0 Å². The first-order valence-electron chi connectivity index (χ1n) is 12.2. The number of rotatable bonds is 9. The number of H-pyrrole nitrogens is 1. The Morgan fingerprint density at radius 3 is 2.59 bits per heavy atom. The number of fused-ring (bicyclic) bond motifs is 1. The lowest BCUT2D eigenvalue weighted by atomic mass is 10.1. The highest BCUT2D eigenvalue weighted by Crippen LogP contribution is 2.33. The van der Waals surface area contributed by atoms with E-state index in [0.29, 0.717) is 34.5 Å². The maximum Gasteiger partial charge on any atom is 0.321 e. The lowest BCUT2D eigenvalue weighted by molar-refractivity contribution is -0.107. The zero-order chi connectivity index (χ0) is 28.9. The van der Waals surface area contributed by atoms with Gasteiger partial charge >= 0.3 is 6.03 Å². The highest BCUT2D eigenvalue weighted by molar-refractivity contribution is 5.92. The normalized spacial score (nSPS) is 10.8. The fourth-order valence-corrected chi connectivity index (χ4v) is 3.99. The number of likely N-dealkylation sites (N-methyl/N-ethyl adjacent to an activating group) is 1.